The number of hydrogen-bond donors (Lipinski definition) is 1. The number of halogens is 2. The second-order valence-electron chi connectivity index (χ2n) is 5.68. The van der Waals surface area contributed by atoms with Crippen LogP contribution in [-0.4, -0.2) is 26.6 Å². The summed E-state index contributed by atoms with van der Waals surface area (Å²) in [4.78, 5) is 12.6. The summed E-state index contributed by atoms with van der Waals surface area (Å²) in [5.74, 6) is -0.518. The highest BCUT2D eigenvalue weighted by Gasteiger charge is 2.29. The third-order valence-electron chi connectivity index (χ3n) is 3.56. The predicted octanol–water partition coefficient (Wildman–Crippen LogP) is 4.10. The molecule has 2 rings (SSSR count). The lowest BCUT2D eigenvalue weighted by Gasteiger charge is -2.28. The van der Waals surface area contributed by atoms with Crippen molar-refractivity contribution in [3.63, 3.8) is 0 Å². The SMILES string of the molecule is Cc1ccc(N([C@@H](C)C(=O)Nc2cc(Cl)ccc2Cl)S(C)(=O)=O)cc1. The van der Waals surface area contributed by atoms with E-state index in [1.165, 1.54) is 13.0 Å². The van der Waals surface area contributed by atoms with Crippen molar-refractivity contribution in [3.05, 3.63) is 58.1 Å². The third kappa shape index (κ3) is 4.87. The van der Waals surface area contributed by atoms with E-state index in [9.17, 15) is 13.2 Å². The summed E-state index contributed by atoms with van der Waals surface area (Å²) in [6.45, 7) is 3.40. The Bertz CT molecular complexity index is 883. The van der Waals surface area contributed by atoms with Crippen LogP contribution in [0.5, 0.6) is 0 Å². The number of amides is 1. The smallest absolute Gasteiger partial charge is 0.248 e. The van der Waals surface area contributed by atoms with Gasteiger partial charge in [-0.25, -0.2) is 8.42 Å². The number of aryl methyl sites for hydroxylation is 1. The molecule has 0 heterocycles. The second kappa shape index (κ2) is 7.64. The van der Waals surface area contributed by atoms with Crippen LogP contribution >= 0.6 is 23.2 Å². The zero-order valence-corrected chi connectivity index (χ0v) is 16.3. The van der Waals surface area contributed by atoms with Crippen LogP contribution in [0.1, 0.15) is 12.5 Å². The van der Waals surface area contributed by atoms with Crippen molar-refractivity contribution < 1.29 is 13.2 Å². The highest BCUT2D eigenvalue weighted by Crippen LogP contribution is 2.27. The molecule has 0 unspecified atom stereocenters. The summed E-state index contributed by atoms with van der Waals surface area (Å²) in [6, 6.07) is 10.6. The van der Waals surface area contributed by atoms with Gasteiger partial charge in [-0.15, -0.1) is 0 Å². The summed E-state index contributed by atoms with van der Waals surface area (Å²) in [5.41, 5.74) is 1.72. The van der Waals surface area contributed by atoms with E-state index in [2.05, 4.69) is 5.32 Å². The maximum atomic E-state index is 12.6. The molecule has 0 aliphatic heterocycles. The number of carbonyl (C=O) groups excluding carboxylic acids is 1. The molecule has 8 heteroatoms. The normalized spacial score (nSPS) is 12.5. The highest BCUT2D eigenvalue weighted by molar-refractivity contribution is 7.92. The minimum absolute atomic E-state index is 0.311. The summed E-state index contributed by atoms with van der Waals surface area (Å²) in [5, 5.41) is 3.34. The topological polar surface area (TPSA) is 66.5 Å². The Labute approximate surface area is 157 Å². The summed E-state index contributed by atoms with van der Waals surface area (Å²) in [7, 11) is -3.67. The van der Waals surface area contributed by atoms with Crippen LogP contribution in [0.25, 0.3) is 0 Å². The van der Waals surface area contributed by atoms with E-state index in [0.717, 1.165) is 16.1 Å². The molecular weight excluding hydrogens is 383 g/mol. The van der Waals surface area contributed by atoms with Crippen LogP contribution in [0.4, 0.5) is 11.4 Å². The van der Waals surface area contributed by atoms with E-state index < -0.39 is 22.0 Å². The van der Waals surface area contributed by atoms with Gasteiger partial charge in [-0.05, 0) is 44.2 Å². The zero-order chi connectivity index (χ0) is 18.8. The second-order valence-corrected chi connectivity index (χ2v) is 8.39. The quantitative estimate of drug-likeness (QED) is 0.821. The molecule has 1 amide bonds. The number of nitrogens with one attached hydrogen (secondary N) is 1. The molecule has 2 aromatic rings. The van der Waals surface area contributed by atoms with Crippen molar-refractivity contribution in [2.75, 3.05) is 15.9 Å². The average Bonchev–Trinajstić information content (AvgIpc) is 2.51. The Hall–Kier alpha value is -1.76. The molecule has 0 saturated carbocycles. The molecule has 5 nitrogen and oxygen atoms in total. The molecule has 0 aromatic heterocycles. The van der Waals surface area contributed by atoms with E-state index >= 15 is 0 Å². The van der Waals surface area contributed by atoms with Crippen molar-refractivity contribution in [1.82, 2.24) is 0 Å². The van der Waals surface area contributed by atoms with Crippen molar-refractivity contribution in [2.45, 2.75) is 19.9 Å². The van der Waals surface area contributed by atoms with Crippen molar-refractivity contribution in [2.24, 2.45) is 0 Å². The molecule has 25 heavy (non-hydrogen) atoms. The molecule has 0 spiro atoms. The lowest BCUT2D eigenvalue weighted by atomic mass is 10.2. The number of benzene rings is 2. The van der Waals surface area contributed by atoms with Gasteiger partial charge in [-0.1, -0.05) is 40.9 Å². The number of rotatable bonds is 5. The molecule has 0 aliphatic carbocycles. The molecule has 0 radical (unpaired) electrons. The molecule has 0 saturated heterocycles. The molecule has 2 aromatic carbocycles. The molecule has 1 atom stereocenters. The first-order chi connectivity index (χ1) is 11.6. The number of hydrogen-bond acceptors (Lipinski definition) is 3. The Morgan fingerprint density at radius 2 is 1.72 bits per heavy atom. The van der Waals surface area contributed by atoms with Crippen molar-refractivity contribution >= 4 is 50.5 Å². The van der Waals surface area contributed by atoms with Crippen LogP contribution in [-0.2, 0) is 14.8 Å². The van der Waals surface area contributed by atoms with Gasteiger partial charge in [-0.3, -0.25) is 9.10 Å². The van der Waals surface area contributed by atoms with Gasteiger partial charge in [0, 0.05) is 5.02 Å². The first kappa shape index (κ1) is 19.6. The number of anilines is 2. The van der Waals surface area contributed by atoms with Crippen LogP contribution in [0.2, 0.25) is 10.0 Å². The molecule has 0 fully saturated rings. The van der Waals surface area contributed by atoms with E-state index in [1.54, 1.807) is 36.4 Å². The first-order valence-electron chi connectivity index (χ1n) is 7.41. The van der Waals surface area contributed by atoms with Gasteiger partial charge in [0.1, 0.15) is 6.04 Å². The molecule has 0 aliphatic rings. The van der Waals surface area contributed by atoms with Gasteiger partial charge in [-0.2, -0.15) is 0 Å². The molecule has 1 N–H and O–H groups in total. The number of nitrogens with zero attached hydrogens (tertiary/aromatic N) is 1. The fourth-order valence-electron chi connectivity index (χ4n) is 2.33. The Kier molecular flexibility index (Phi) is 5.98. The third-order valence-corrected chi connectivity index (χ3v) is 5.37. The largest absolute Gasteiger partial charge is 0.323 e. The van der Waals surface area contributed by atoms with Crippen LogP contribution in [0.15, 0.2) is 42.5 Å². The van der Waals surface area contributed by atoms with Gasteiger partial charge < -0.3 is 5.32 Å². The van der Waals surface area contributed by atoms with Crippen molar-refractivity contribution in [1.29, 1.82) is 0 Å². The lowest BCUT2D eigenvalue weighted by Crippen LogP contribution is -2.45. The molecule has 0 bridgehead atoms. The van der Waals surface area contributed by atoms with Crippen LogP contribution in [0, 0.1) is 6.92 Å². The van der Waals surface area contributed by atoms with E-state index in [4.69, 9.17) is 23.2 Å². The standard InChI is InChI=1S/C17H18Cl2N2O3S/c1-11-4-7-14(8-5-11)21(25(3,23)24)12(2)17(22)20-16-10-13(18)6-9-15(16)19/h4-10,12H,1-3H3,(H,20,22)/t12-/m0/s1. The van der Waals surface area contributed by atoms with E-state index in [1.807, 2.05) is 6.92 Å². The minimum Gasteiger partial charge on any atom is -0.323 e. The number of carbonyl (C=O) groups is 1. The Morgan fingerprint density at radius 3 is 2.28 bits per heavy atom. The fourth-order valence-corrected chi connectivity index (χ4v) is 3.84. The summed E-state index contributed by atoms with van der Waals surface area (Å²) in [6.07, 6.45) is 1.06. The first-order valence-corrected chi connectivity index (χ1v) is 10.0. The molecule has 134 valence electrons. The van der Waals surface area contributed by atoms with E-state index in [-0.39, 0.29) is 0 Å². The average molecular weight is 401 g/mol. The lowest BCUT2D eigenvalue weighted by molar-refractivity contribution is -0.116. The van der Waals surface area contributed by atoms with Crippen molar-refractivity contribution in [3.8, 4) is 0 Å². The van der Waals surface area contributed by atoms with Gasteiger partial charge >= 0.3 is 0 Å². The molecular formula is C17H18Cl2N2O3S. The van der Waals surface area contributed by atoms with Gasteiger partial charge in [0.05, 0.1) is 22.7 Å². The van der Waals surface area contributed by atoms with Gasteiger partial charge in [0.25, 0.3) is 0 Å². The maximum Gasteiger partial charge on any atom is 0.248 e. The van der Waals surface area contributed by atoms with Crippen LogP contribution < -0.4 is 9.62 Å². The Morgan fingerprint density at radius 1 is 1.12 bits per heavy atom. The van der Waals surface area contributed by atoms with Gasteiger partial charge in [0.2, 0.25) is 15.9 Å². The summed E-state index contributed by atoms with van der Waals surface area (Å²) < 4.78 is 25.5. The predicted molar refractivity (Wildman–Crippen MR) is 103 cm³/mol. The minimum atomic E-state index is -3.67. The van der Waals surface area contributed by atoms with Crippen LogP contribution in [0.3, 0.4) is 0 Å². The Balaban J connectivity index is 2.33. The zero-order valence-electron chi connectivity index (χ0n) is 14.0. The summed E-state index contributed by atoms with van der Waals surface area (Å²) >= 11 is 12.0. The fraction of sp³-hybridized carbons (Fsp3) is 0.235. The van der Waals surface area contributed by atoms with E-state index in [0.29, 0.717) is 21.4 Å². The van der Waals surface area contributed by atoms with Gasteiger partial charge in [0.15, 0.2) is 0 Å². The highest BCUT2D eigenvalue weighted by atomic mass is 35.5. The maximum absolute atomic E-state index is 12.6. The number of sulfonamides is 1. The monoisotopic (exact) mass is 400 g/mol.